The van der Waals surface area contributed by atoms with Crippen molar-refractivity contribution in [2.24, 2.45) is 0 Å². The molecule has 0 aliphatic rings. The number of halogens is 1. The smallest absolute Gasteiger partial charge is 0.278 e. The normalized spacial score (nSPS) is 11.4. The van der Waals surface area contributed by atoms with Crippen LogP contribution in [0.2, 0.25) is 5.02 Å². The molecule has 4 N–H and O–H groups in total. The summed E-state index contributed by atoms with van der Waals surface area (Å²) in [4.78, 5) is 0. The first-order valence-corrected chi connectivity index (χ1v) is 6.42. The Kier molecular flexibility index (Phi) is 2.95. The van der Waals surface area contributed by atoms with Crippen molar-refractivity contribution in [1.82, 2.24) is 10.2 Å². The lowest BCUT2D eigenvalue weighted by Gasteiger charge is -2.07. The summed E-state index contributed by atoms with van der Waals surface area (Å²) in [7, 11) is -3.67. The van der Waals surface area contributed by atoms with Gasteiger partial charge in [-0.15, -0.1) is 0 Å². The molecule has 0 unspecified atom stereocenters. The minimum Gasteiger partial charge on any atom is -0.397 e. The Morgan fingerprint density at radius 1 is 1.35 bits per heavy atom. The highest BCUT2D eigenvalue weighted by Gasteiger charge is 2.15. The van der Waals surface area contributed by atoms with Gasteiger partial charge in [0.1, 0.15) is 0 Å². The van der Waals surface area contributed by atoms with Crippen LogP contribution in [0.5, 0.6) is 0 Å². The van der Waals surface area contributed by atoms with E-state index in [1.807, 2.05) is 0 Å². The molecule has 2 rings (SSSR count). The van der Waals surface area contributed by atoms with E-state index in [1.165, 1.54) is 30.5 Å². The summed E-state index contributed by atoms with van der Waals surface area (Å²) in [6.07, 6.45) is 1.35. The van der Waals surface area contributed by atoms with Crippen molar-refractivity contribution in [3.05, 3.63) is 35.5 Å². The zero-order chi connectivity index (χ0) is 12.5. The van der Waals surface area contributed by atoms with Crippen molar-refractivity contribution in [3.8, 4) is 0 Å². The molecule has 0 bridgehead atoms. The standard InChI is InChI=1S/C9H9ClN4O2S/c10-7-2-1-6(5-8(7)11)14-17(15,16)9-3-4-12-13-9/h1-5,14H,11H2,(H,12,13). The number of rotatable bonds is 3. The molecule has 0 saturated carbocycles. The first-order valence-electron chi connectivity index (χ1n) is 4.56. The van der Waals surface area contributed by atoms with E-state index in [0.29, 0.717) is 16.4 Å². The molecule has 1 heterocycles. The van der Waals surface area contributed by atoms with Crippen molar-refractivity contribution >= 4 is 33.0 Å². The van der Waals surface area contributed by atoms with Gasteiger partial charge in [0.25, 0.3) is 10.0 Å². The molecule has 2 aromatic rings. The predicted molar refractivity (Wildman–Crippen MR) is 65.3 cm³/mol. The molecule has 6 nitrogen and oxygen atoms in total. The van der Waals surface area contributed by atoms with Crippen molar-refractivity contribution in [2.45, 2.75) is 5.03 Å². The predicted octanol–water partition coefficient (Wildman–Crippen LogP) is 1.45. The summed E-state index contributed by atoms with van der Waals surface area (Å²) < 4.78 is 26.0. The highest BCUT2D eigenvalue weighted by Crippen LogP contribution is 2.23. The Balaban J connectivity index is 2.30. The quantitative estimate of drug-likeness (QED) is 0.736. The van der Waals surface area contributed by atoms with E-state index in [4.69, 9.17) is 17.3 Å². The van der Waals surface area contributed by atoms with Gasteiger partial charge < -0.3 is 5.73 Å². The number of benzene rings is 1. The Bertz CT molecular complexity index is 624. The van der Waals surface area contributed by atoms with E-state index in [2.05, 4.69) is 14.9 Å². The average Bonchev–Trinajstić information content (AvgIpc) is 2.77. The Morgan fingerprint density at radius 2 is 2.12 bits per heavy atom. The van der Waals surface area contributed by atoms with Crippen LogP contribution in [0.3, 0.4) is 0 Å². The minimum absolute atomic E-state index is 0.0222. The van der Waals surface area contributed by atoms with Crippen molar-refractivity contribution in [1.29, 1.82) is 0 Å². The fraction of sp³-hybridized carbons (Fsp3) is 0. The summed E-state index contributed by atoms with van der Waals surface area (Å²) in [6.45, 7) is 0. The van der Waals surface area contributed by atoms with Gasteiger partial charge >= 0.3 is 0 Å². The lowest BCUT2D eigenvalue weighted by atomic mass is 10.3. The summed E-state index contributed by atoms with van der Waals surface area (Å²) in [5.41, 5.74) is 6.21. The number of sulfonamides is 1. The SMILES string of the molecule is Nc1cc(NS(=O)(=O)c2ccn[nH]2)ccc1Cl. The molecular weight excluding hydrogens is 264 g/mol. The van der Waals surface area contributed by atoms with Gasteiger partial charge in [0.15, 0.2) is 5.03 Å². The van der Waals surface area contributed by atoms with Crippen LogP contribution in [0, 0.1) is 0 Å². The molecule has 90 valence electrons. The van der Waals surface area contributed by atoms with Gasteiger partial charge in [-0.25, -0.2) is 0 Å². The topological polar surface area (TPSA) is 101 Å². The van der Waals surface area contributed by atoms with E-state index in [9.17, 15) is 8.42 Å². The molecule has 0 spiro atoms. The van der Waals surface area contributed by atoms with Crippen LogP contribution in [-0.4, -0.2) is 18.6 Å². The van der Waals surface area contributed by atoms with Gasteiger partial charge in [0.05, 0.1) is 22.6 Å². The minimum atomic E-state index is -3.67. The van der Waals surface area contributed by atoms with Crippen molar-refractivity contribution in [3.63, 3.8) is 0 Å². The number of nitrogen functional groups attached to an aromatic ring is 1. The third-order valence-electron chi connectivity index (χ3n) is 2.01. The number of aromatic amines is 1. The van der Waals surface area contributed by atoms with Crippen LogP contribution < -0.4 is 10.5 Å². The molecule has 8 heteroatoms. The molecule has 0 fully saturated rings. The second kappa shape index (κ2) is 4.27. The Hall–Kier alpha value is -1.73. The van der Waals surface area contributed by atoms with Gasteiger partial charge in [-0.2, -0.15) is 13.5 Å². The molecule has 0 amide bonds. The number of anilines is 2. The fourth-order valence-corrected chi connectivity index (χ4v) is 2.29. The Labute approximate surface area is 103 Å². The molecular formula is C9H9ClN4O2S. The van der Waals surface area contributed by atoms with Gasteiger partial charge in [-0.05, 0) is 24.3 Å². The van der Waals surface area contributed by atoms with E-state index in [1.54, 1.807) is 0 Å². The Morgan fingerprint density at radius 3 is 2.71 bits per heavy atom. The van der Waals surface area contributed by atoms with Gasteiger partial charge in [0, 0.05) is 0 Å². The average molecular weight is 273 g/mol. The molecule has 0 atom stereocenters. The molecule has 0 saturated heterocycles. The fourth-order valence-electron chi connectivity index (χ4n) is 1.21. The largest absolute Gasteiger partial charge is 0.397 e. The van der Waals surface area contributed by atoms with Crippen LogP contribution in [0.1, 0.15) is 0 Å². The second-order valence-electron chi connectivity index (χ2n) is 3.26. The van der Waals surface area contributed by atoms with Gasteiger partial charge in [-0.3, -0.25) is 9.82 Å². The van der Waals surface area contributed by atoms with Crippen LogP contribution in [0.25, 0.3) is 0 Å². The number of nitrogens with two attached hydrogens (primary N) is 1. The maximum atomic E-state index is 11.8. The van der Waals surface area contributed by atoms with Crippen molar-refractivity contribution < 1.29 is 8.42 Å². The number of aromatic nitrogens is 2. The lowest BCUT2D eigenvalue weighted by molar-refractivity contribution is 0.597. The molecule has 0 radical (unpaired) electrons. The zero-order valence-electron chi connectivity index (χ0n) is 8.51. The molecule has 0 aliphatic heterocycles. The molecule has 0 aliphatic carbocycles. The summed E-state index contributed by atoms with van der Waals surface area (Å²) in [6, 6.07) is 5.83. The van der Waals surface area contributed by atoms with E-state index in [-0.39, 0.29) is 5.03 Å². The third kappa shape index (κ3) is 2.51. The number of nitrogens with one attached hydrogen (secondary N) is 2. The summed E-state index contributed by atoms with van der Waals surface area (Å²) >= 11 is 5.73. The number of H-pyrrole nitrogens is 1. The number of nitrogens with zero attached hydrogens (tertiary/aromatic N) is 1. The van der Waals surface area contributed by atoms with Crippen molar-refractivity contribution in [2.75, 3.05) is 10.5 Å². The van der Waals surface area contributed by atoms with Crippen LogP contribution in [0.4, 0.5) is 11.4 Å². The first-order chi connectivity index (χ1) is 7.99. The highest BCUT2D eigenvalue weighted by atomic mass is 35.5. The number of hydrogen-bond donors (Lipinski definition) is 3. The molecule has 1 aromatic heterocycles. The zero-order valence-corrected chi connectivity index (χ0v) is 10.1. The summed E-state index contributed by atoms with van der Waals surface area (Å²) in [5, 5.41) is 6.29. The first kappa shape index (κ1) is 11.7. The maximum absolute atomic E-state index is 11.8. The van der Waals surface area contributed by atoms with E-state index < -0.39 is 10.0 Å². The second-order valence-corrected chi connectivity index (χ2v) is 5.32. The monoisotopic (exact) mass is 272 g/mol. The third-order valence-corrected chi connectivity index (χ3v) is 3.67. The number of hydrogen-bond acceptors (Lipinski definition) is 4. The lowest BCUT2D eigenvalue weighted by Crippen LogP contribution is -2.13. The molecule has 1 aromatic carbocycles. The summed E-state index contributed by atoms with van der Waals surface area (Å²) in [5.74, 6) is 0. The van der Waals surface area contributed by atoms with Gasteiger partial charge in [0.2, 0.25) is 0 Å². The van der Waals surface area contributed by atoms with Gasteiger partial charge in [-0.1, -0.05) is 11.6 Å². The highest BCUT2D eigenvalue weighted by molar-refractivity contribution is 7.92. The van der Waals surface area contributed by atoms with Crippen LogP contribution in [-0.2, 0) is 10.0 Å². The van der Waals surface area contributed by atoms with E-state index >= 15 is 0 Å². The molecule has 17 heavy (non-hydrogen) atoms. The maximum Gasteiger partial charge on any atom is 0.278 e. The van der Waals surface area contributed by atoms with Crippen LogP contribution >= 0.6 is 11.6 Å². The van der Waals surface area contributed by atoms with E-state index in [0.717, 1.165) is 0 Å². The van der Waals surface area contributed by atoms with Crippen LogP contribution in [0.15, 0.2) is 35.5 Å².